The quantitative estimate of drug-likeness (QED) is 0.944. The normalized spacial score (nSPS) is 29.9. The fraction of sp³-hybridized carbons (Fsp3) is 0.533. The van der Waals surface area contributed by atoms with Crippen LogP contribution in [0.2, 0.25) is 0 Å². The van der Waals surface area contributed by atoms with E-state index in [1.165, 1.54) is 12.8 Å². The van der Waals surface area contributed by atoms with E-state index in [9.17, 15) is 0 Å². The highest BCUT2D eigenvalue weighted by Gasteiger charge is 2.39. The number of fused-ring (bicyclic) bond motifs is 2. The van der Waals surface area contributed by atoms with Crippen molar-refractivity contribution in [1.82, 2.24) is 9.88 Å². The molecule has 20 heavy (non-hydrogen) atoms. The maximum Gasteiger partial charge on any atom is 0.162 e. The van der Waals surface area contributed by atoms with Crippen LogP contribution in [-0.4, -0.2) is 28.0 Å². The van der Waals surface area contributed by atoms with Crippen molar-refractivity contribution in [2.45, 2.75) is 50.4 Å². The summed E-state index contributed by atoms with van der Waals surface area (Å²) >= 11 is 1.66. The number of nitrogens with zero attached hydrogens (tertiary/aromatic N) is 2. The summed E-state index contributed by atoms with van der Waals surface area (Å²) in [5.41, 5.74) is 7.29. The molecule has 2 aliphatic rings. The Morgan fingerprint density at radius 2 is 2.15 bits per heavy atom. The first kappa shape index (κ1) is 12.6. The molecular formula is C15H19N3OS. The van der Waals surface area contributed by atoms with Crippen LogP contribution in [0.5, 0.6) is 0 Å². The zero-order chi connectivity index (χ0) is 13.5. The first-order valence-corrected chi connectivity index (χ1v) is 8.17. The maximum atomic E-state index is 6.13. The number of aromatic nitrogens is 1. The average Bonchev–Trinajstić information content (AvgIpc) is 3.12. The van der Waals surface area contributed by atoms with Gasteiger partial charge in [-0.05, 0) is 37.8 Å². The van der Waals surface area contributed by atoms with Crippen LogP contribution in [0.4, 0.5) is 0 Å². The lowest BCUT2D eigenvalue weighted by Gasteiger charge is -2.37. The Morgan fingerprint density at radius 3 is 2.85 bits per heavy atom. The van der Waals surface area contributed by atoms with E-state index in [0.29, 0.717) is 18.1 Å². The molecule has 2 fully saturated rings. The molecular weight excluding hydrogens is 270 g/mol. The summed E-state index contributed by atoms with van der Waals surface area (Å²) in [6.07, 6.45) is 6.58. The Kier molecular flexibility index (Phi) is 3.13. The van der Waals surface area contributed by atoms with Gasteiger partial charge >= 0.3 is 0 Å². The van der Waals surface area contributed by atoms with Crippen molar-refractivity contribution in [2.24, 2.45) is 5.73 Å². The Morgan fingerprint density at radius 1 is 1.35 bits per heavy atom. The summed E-state index contributed by atoms with van der Waals surface area (Å²) in [7, 11) is 0. The minimum atomic E-state index is 0.401. The van der Waals surface area contributed by atoms with Crippen molar-refractivity contribution in [3.8, 4) is 10.8 Å². The lowest BCUT2D eigenvalue weighted by Crippen LogP contribution is -2.46. The van der Waals surface area contributed by atoms with Gasteiger partial charge in [0.05, 0.1) is 12.0 Å². The zero-order valence-corrected chi connectivity index (χ0v) is 12.2. The average molecular weight is 289 g/mol. The van der Waals surface area contributed by atoms with Crippen LogP contribution in [0.25, 0.3) is 10.8 Å². The van der Waals surface area contributed by atoms with E-state index in [1.54, 1.807) is 17.6 Å². The van der Waals surface area contributed by atoms with Gasteiger partial charge in [0.2, 0.25) is 0 Å². The highest BCUT2D eigenvalue weighted by atomic mass is 32.1. The fourth-order valence-corrected chi connectivity index (χ4v) is 4.43. The third kappa shape index (κ3) is 2.20. The zero-order valence-electron chi connectivity index (χ0n) is 11.4. The van der Waals surface area contributed by atoms with Crippen molar-refractivity contribution >= 4 is 11.3 Å². The van der Waals surface area contributed by atoms with E-state index in [2.05, 4.69) is 10.3 Å². The highest BCUT2D eigenvalue weighted by molar-refractivity contribution is 7.13. The monoisotopic (exact) mass is 289 g/mol. The maximum absolute atomic E-state index is 6.13. The minimum absolute atomic E-state index is 0.401. The molecule has 0 aliphatic carbocycles. The Bertz CT molecular complexity index is 566. The molecule has 2 saturated heterocycles. The summed E-state index contributed by atoms with van der Waals surface area (Å²) in [6.45, 7) is 0.958. The molecule has 0 amide bonds. The molecule has 2 aromatic heterocycles. The fourth-order valence-electron chi connectivity index (χ4n) is 3.65. The number of thiazole rings is 1. The molecule has 5 heteroatoms. The molecule has 0 saturated carbocycles. The van der Waals surface area contributed by atoms with E-state index in [1.807, 2.05) is 12.1 Å². The molecule has 2 N–H and O–H groups in total. The van der Waals surface area contributed by atoms with Gasteiger partial charge in [-0.15, -0.1) is 11.3 Å². The smallest absolute Gasteiger partial charge is 0.162 e. The Balaban J connectivity index is 1.50. The van der Waals surface area contributed by atoms with Gasteiger partial charge in [0, 0.05) is 30.1 Å². The summed E-state index contributed by atoms with van der Waals surface area (Å²) in [6, 6.07) is 5.60. The van der Waals surface area contributed by atoms with Crippen LogP contribution in [0.3, 0.4) is 0 Å². The van der Waals surface area contributed by atoms with Gasteiger partial charge in [-0.3, -0.25) is 4.90 Å². The van der Waals surface area contributed by atoms with Crippen LogP contribution < -0.4 is 5.73 Å². The van der Waals surface area contributed by atoms with Crippen molar-refractivity contribution in [3.63, 3.8) is 0 Å². The largest absolute Gasteiger partial charge is 0.462 e. The van der Waals surface area contributed by atoms with Crippen LogP contribution in [0.1, 0.15) is 31.4 Å². The van der Waals surface area contributed by atoms with E-state index >= 15 is 0 Å². The van der Waals surface area contributed by atoms with Gasteiger partial charge in [0.25, 0.3) is 0 Å². The van der Waals surface area contributed by atoms with Gasteiger partial charge in [-0.1, -0.05) is 0 Å². The molecule has 4 rings (SSSR count). The number of hydrogen-bond donors (Lipinski definition) is 1. The van der Waals surface area contributed by atoms with E-state index in [-0.39, 0.29) is 0 Å². The molecule has 0 radical (unpaired) electrons. The number of nitrogens with two attached hydrogens (primary N) is 1. The number of rotatable bonds is 3. The molecule has 2 aliphatic heterocycles. The summed E-state index contributed by atoms with van der Waals surface area (Å²) < 4.78 is 5.41. The topological polar surface area (TPSA) is 55.3 Å². The molecule has 0 aromatic carbocycles. The second kappa shape index (κ2) is 4.98. The lowest BCUT2D eigenvalue weighted by molar-refractivity contribution is 0.118. The van der Waals surface area contributed by atoms with Crippen molar-refractivity contribution in [2.75, 3.05) is 0 Å². The molecule has 106 valence electrons. The van der Waals surface area contributed by atoms with Gasteiger partial charge in [-0.25, -0.2) is 4.98 Å². The van der Waals surface area contributed by atoms with Gasteiger partial charge in [0.1, 0.15) is 0 Å². The van der Waals surface area contributed by atoms with Crippen molar-refractivity contribution < 1.29 is 4.42 Å². The Labute approximate surface area is 122 Å². The van der Waals surface area contributed by atoms with Crippen molar-refractivity contribution in [3.05, 3.63) is 29.5 Å². The molecule has 4 nitrogen and oxygen atoms in total. The van der Waals surface area contributed by atoms with E-state index in [0.717, 1.165) is 35.8 Å². The molecule has 2 unspecified atom stereocenters. The molecule has 2 bridgehead atoms. The van der Waals surface area contributed by atoms with Gasteiger partial charge in [0.15, 0.2) is 10.8 Å². The summed E-state index contributed by atoms with van der Waals surface area (Å²) in [4.78, 5) is 7.33. The second-order valence-corrected chi connectivity index (χ2v) is 6.77. The Hall–Kier alpha value is -1.17. The number of furan rings is 1. The first-order valence-electron chi connectivity index (χ1n) is 7.29. The first-order chi connectivity index (χ1) is 9.79. The number of piperidine rings is 1. The minimum Gasteiger partial charge on any atom is -0.462 e. The highest BCUT2D eigenvalue weighted by Crippen LogP contribution is 2.36. The van der Waals surface area contributed by atoms with E-state index in [4.69, 9.17) is 15.1 Å². The van der Waals surface area contributed by atoms with Crippen LogP contribution in [0.15, 0.2) is 28.2 Å². The second-order valence-electron chi connectivity index (χ2n) is 5.91. The third-order valence-corrected chi connectivity index (χ3v) is 5.45. The molecule has 0 spiro atoms. The van der Waals surface area contributed by atoms with Crippen LogP contribution in [0, 0.1) is 0 Å². The number of hydrogen-bond acceptors (Lipinski definition) is 5. The lowest BCUT2D eigenvalue weighted by atomic mass is 9.98. The standard InChI is InChI=1S/C15H19N3OS/c16-10-6-12-3-4-13(7-10)18(12)8-11-9-20-15(17-11)14-2-1-5-19-14/h1-2,5,9-10,12-13H,3-4,6-8,16H2. The molecule has 2 atom stereocenters. The van der Waals surface area contributed by atoms with Gasteiger partial charge < -0.3 is 10.2 Å². The predicted octanol–water partition coefficient (Wildman–Crippen LogP) is 2.86. The molecule has 4 heterocycles. The third-order valence-electron chi connectivity index (χ3n) is 4.55. The van der Waals surface area contributed by atoms with Crippen LogP contribution in [-0.2, 0) is 6.54 Å². The van der Waals surface area contributed by atoms with Crippen molar-refractivity contribution in [1.29, 1.82) is 0 Å². The summed E-state index contributed by atoms with van der Waals surface area (Å²) in [5.74, 6) is 0.866. The SMILES string of the molecule is NC1CC2CCC(C1)N2Cc1csc(-c2ccco2)n1. The van der Waals surface area contributed by atoms with Gasteiger partial charge in [-0.2, -0.15) is 0 Å². The van der Waals surface area contributed by atoms with E-state index < -0.39 is 0 Å². The predicted molar refractivity (Wildman–Crippen MR) is 79.4 cm³/mol. The summed E-state index contributed by atoms with van der Waals surface area (Å²) in [5, 5.41) is 3.14. The molecule has 2 aromatic rings. The van der Waals surface area contributed by atoms with Crippen LogP contribution >= 0.6 is 11.3 Å².